The molecular weight excluding hydrogens is 1140 g/mol. The number of unbranched alkanes of at least 4 members (excludes halogenated alkanes) is 1. The molecule has 1 N–H and O–H groups in total. The van der Waals surface area contributed by atoms with Crippen LogP contribution in [-0.4, -0.2) is 143 Å². The number of rotatable bonds is 20. The fourth-order valence-corrected chi connectivity index (χ4v) is 8.13. The summed E-state index contributed by atoms with van der Waals surface area (Å²) >= 11 is 0. The van der Waals surface area contributed by atoms with Crippen LogP contribution in [-0.2, 0) is 42.9 Å². The Labute approximate surface area is 509 Å². The number of hydrogen-bond acceptors (Lipinski definition) is 21. The zero-order valence-electron chi connectivity index (χ0n) is 52.6. The molecule has 1 aliphatic carbocycles. The largest absolute Gasteiger partial charge is 0.460 e. The summed E-state index contributed by atoms with van der Waals surface area (Å²) in [6, 6.07) is 16.1. The van der Waals surface area contributed by atoms with Gasteiger partial charge in [-0.05, 0) is 121 Å². The lowest BCUT2D eigenvalue weighted by Crippen LogP contribution is -2.42. The first-order valence-electron chi connectivity index (χ1n) is 28.3. The number of amides is 3. The molecule has 3 amide bonds. The number of ketones is 5. The maximum atomic E-state index is 13.1. The van der Waals surface area contributed by atoms with Crippen LogP contribution in [0, 0.1) is 0 Å². The summed E-state index contributed by atoms with van der Waals surface area (Å²) in [5.41, 5.74) is -1.79. The first kappa shape index (κ1) is 71.2. The predicted octanol–water partition coefficient (Wildman–Crippen LogP) is 11.1. The Balaban J connectivity index is 0.000000344. The van der Waals surface area contributed by atoms with Gasteiger partial charge in [0.05, 0.1) is 24.0 Å². The number of nitrogens with one attached hydrogen (secondary N) is 1. The first-order chi connectivity index (χ1) is 40.9. The van der Waals surface area contributed by atoms with E-state index in [1.807, 2.05) is 0 Å². The number of isocyanates is 1. The van der Waals surface area contributed by atoms with Crippen LogP contribution in [0.3, 0.4) is 0 Å². The molecule has 0 atom stereocenters. The topological polar surface area (TPSA) is 317 Å². The number of aliphatic imine (C=N–C) groups is 1. The van der Waals surface area contributed by atoms with Crippen LogP contribution in [0.15, 0.2) is 74.5 Å². The minimum Gasteiger partial charge on any atom is -0.460 e. The van der Waals surface area contributed by atoms with Gasteiger partial charge in [0.2, 0.25) is 11.9 Å². The summed E-state index contributed by atoms with van der Waals surface area (Å²) in [5.74, 6) is -3.01. The molecule has 0 spiro atoms. The molecule has 0 bridgehead atoms. The molecule has 88 heavy (non-hydrogen) atoms. The summed E-state index contributed by atoms with van der Waals surface area (Å²) in [4.78, 5) is 150. The van der Waals surface area contributed by atoms with E-state index in [9.17, 15) is 57.5 Å². The van der Waals surface area contributed by atoms with Gasteiger partial charge in [0, 0.05) is 68.2 Å². The summed E-state index contributed by atoms with van der Waals surface area (Å²) in [6.45, 7) is 24.9. The van der Waals surface area contributed by atoms with Crippen LogP contribution in [0.1, 0.15) is 189 Å². The number of furan rings is 2. The Morgan fingerprint density at radius 3 is 1.57 bits per heavy atom. The van der Waals surface area contributed by atoms with Gasteiger partial charge in [0.1, 0.15) is 34.7 Å². The molecule has 2 heterocycles. The molecule has 24 nitrogen and oxygen atoms in total. The lowest BCUT2D eigenvalue weighted by atomic mass is 9.88. The number of carbonyl (C=O) groups is 11. The molecule has 0 radical (unpaired) electrons. The standard InChI is InChI=1S/C36H46N2O11.C14H24N2O5.C14H8O4/c1-22(39)21-38(34(44)49-36(6,7)8)19-13-17-28(41)46-31-25-15-10-9-14-24(25)30(26-20-27(23(2)40)45-32(26)31)47-33(43)37-18-12-11-16-29(42)48-35(3,4)5;1-13(2,3)20-11(18)9-16(8-7-15-10-17)12(19)21-14(4,5)6;1-7(15)11-6-10-12(16)8-4-2-3-5-9(8)13(17)14(10)18-11/h9-10,14-15,20H,11-13,16-19,21H2,1-8H3,(H,37,43);7-9H2,1-6H3;2-6H,1H3. The lowest BCUT2D eigenvalue weighted by molar-refractivity contribution is -0.156. The molecule has 3 aromatic carbocycles. The third kappa shape index (κ3) is 22.5. The summed E-state index contributed by atoms with van der Waals surface area (Å²) < 4.78 is 43.6. The van der Waals surface area contributed by atoms with Gasteiger partial charge < -0.3 is 47.5 Å². The minimum absolute atomic E-state index is 0.0318. The normalized spacial score (nSPS) is 11.9. The zero-order valence-corrected chi connectivity index (χ0v) is 52.6. The van der Waals surface area contributed by atoms with Crippen molar-refractivity contribution in [1.29, 1.82) is 0 Å². The molecule has 5 aromatic rings. The van der Waals surface area contributed by atoms with Gasteiger partial charge in [-0.2, -0.15) is 0 Å². The number of nitrogens with zero attached hydrogens (tertiary/aromatic N) is 3. The lowest BCUT2D eigenvalue weighted by Gasteiger charge is -2.27. The van der Waals surface area contributed by atoms with Crippen LogP contribution >= 0.6 is 0 Å². The van der Waals surface area contributed by atoms with E-state index < -0.39 is 58.4 Å². The van der Waals surface area contributed by atoms with Crippen LogP contribution in [0.2, 0.25) is 0 Å². The van der Waals surface area contributed by atoms with Gasteiger partial charge in [-0.3, -0.25) is 43.3 Å². The van der Waals surface area contributed by atoms with E-state index in [-0.39, 0.29) is 133 Å². The van der Waals surface area contributed by atoms with Gasteiger partial charge in [-0.1, -0.05) is 48.5 Å². The van der Waals surface area contributed by atoms with Crippen LogP contribution in [0.25, 0.3) is 21.7 Å². The predicted molar refractivity (Wildman–Crippen MR) is 319 cm³/mol. The van der Waals surface area contributed by atoms with Crippen molar-refractivity contribution < 1.29 is 94.8 Å². The van der Waals surface area contributed by atoms with Crippen molar-refractivity contribution in [2.75, 3.05) is 39.3 Å². The first-order valence-corrected chi connectivity index (χ1v) is 28.3. The SMILES string of the molecule is CC(=O)CN(CCCC(=O)Oc1c2ccccc2c(OC(=O)NCCCCC(=O)OC(C)(C)C)c2cc(C(C)=O)oc12)C(=O)OC(C)(C)C.CC(=O)c1cc2c(o1)C(=O)c1ccccc1C2=O.CC(C)(C)OC(=O)CN(CCN=C=O)C(=O)OC(C)(C)C. The average Bonchev–Trinajstić information content (AvgIpc) is 2.57. The molecule has 0 aliphatic heterocycles. The highest BCUT2D eigenvalue weighted by molar-refractivity contribution is 6.28. The number of Topliss-reactive ketones (excluding diaryl/α,β-unsaturated/α-hetero) is 3. The van der Waals surface area contributed by atoms with E-state index in [4.69, 9.17) is 37.3 Å². The molecule has 1 aliphatic rings. The van der Waals surface area contributed by atoms with E-state index in [0.717, 1.165) is 4.90 Å². The number of ether oxygens (including phenoxy) is 6. The number of hydrogen-bond donors (Lipinski definition) is 1. The third-order valence-corrected chi connectivity index (χ3v) is 11.6. The Hall–Kier alpha value is -9.31. The number of benzene rings is 3. The van der Waals surface area contributed by atoms with Gasteiger partial charge in [-0.15, -0.1) is 0 Å². The van der Waals surface area contributed by atoms with Gasteiger partial charge >= 0.3 is 36.2 Å². The second kappa shape index (κ2) is 30.9. The highest BCUT2D eigenvalue weighted by atomic mass is 16.6. The fraction of sp³-hybridized carbons (Fsp3) is 0.469. The van der Waals surface area contributed by atoms with Crippen LogP contribution in [0.5, 0.6) is 11.5 Å². The quantitative estimate of drug-likeness (QED) is 0.0141. The second-order valence-corrected chi connectivity index (χ2v) is 24.2. The summed E-state index contributed by atoms with van der Waals surface area (Å²) in [6.07, 6.45) is 0.552. The van der Waals surface area contributed by atoms with Crippen LogP contribution in [0.4, 0.5) is 14.4 Å². The minimum atomic E-state index is -0.765. The maximum absolute atomic E-state index is 13.1. The number of esters is 3. The molecule has 6 rings (SSSR count). The molecule has 2 aromatic heterocycles. The number of fused-ring (bicyclic) bond motifs is 4. The second-order valence-electron chi connectivity index (χ2n) is 24.2. The molecule has 0 unspecified atom stereocenters. The number of carbonyl (C=O) groups excluding carboxylic acids is 12. The molecular formula is C64H78N4O20. The monoisotopic (exact) mass is 1220 g/mol. The Morgan fingerprint density at radius 2 is 1.03 bits per heavy atom. The summed E-state index contributed by atoms with van der Waals surface area (Å²) in [5, 5.41) is 3.72. The van der Waals surface area contributed by atoms with E-state index >= 15 is 0 Å². The van der Waals surface area contributed by atoms with Crippen molar-refractivity contribution in [3.63, 3.8) is 0 Å². The fourth-order valence-electron chi connectivity index (χ4n) is 8.13. The maximum Gasteiger partial charge on any atom is 0.412 e. The Kier molecular flexibility index (Phi) is 25.0. The Bertz CT molecular complexity index is 3430. The molecule has 474 valence electrons. The van der Waals surface area contributed by atoms with Crippen molar-refractivity contribution in [3.05, 3.63) is 94.6 Å². The van der Waals surface area contributed by atoms with Gasteiger partial charge in [-0.25, -0.2) is 24.2 Å². The molecule has 0 fully saturated rings. The van der Waals surface area contributed by atoms with Crippen LogP contribution < -0.4 is 14.8 Å². The Morgan fingerprint density at radius 1 is 0.534 bits per heavy atom. The molecule has 0 saturated carbocycles. The van der Waals surface area contributed by atoms with E-state index in [0.29, 0.717) is 34.7 Å². The molecule has 0 saturated heterocycles. The zero-order chi connectivity index (χ0) is 66.1. The molecule has 24 heteroatoms. The highest BCUT2D eigenvalue weighted by Crippen LogP contribution is 2.45. The van der Waals surface area contributed by atoms with Gasteiger partial charge in [0.25, 0.3) is 0 Å². The van der Waals surface area contributed by atoms with E-state index in [1.54, 1.807) is 132 Å². The third-order valence-electron chi connectivity index (χ3n) is 11.6. The van der Waals surface area contributed by atoms with Gasteiger partial charge in [0.15, 0.2) is 51.7 Å². The van der Waals surface area contributed by atoms with E-state index in [1.165, 1.54) is 43.9 Å². The van der Waals surface area contributed by atoms with Crippen molar-refractivity contribution in [2.24, 2.45) is 4.99 Å². The smallest absolute Gasteiger partial charge is 0.412 e. The van der Waals surface area contributed by atoms with E-state index in [2.05, 4.69) is 10.3 Å². The van der Waals surface area contributed by atoms with Crippen molar-refractivity contribution in [3.8, 4) is 11.5 Å². The van der Waals surface area contributed by atoms with Crippen molar-refractivity contribution in [1.82, 2.24) is 15.1 Å². The summed E-state index contributed by atoms with van der Waals surface area (Å²) in [7, 11) is 0. The van der Waals surface area contributed by atoms with Crippen molar-refractivity contribution in [2.45, 2.75) is 158 Å². The average molecular weight is 1220 g/mol. The highest BCUT2D eigenvalue weighted by Gasteiger charge is 2.34. The van der Waals surface area contributed by atoms with Crippen molar-refractivity contribution >= 4 is 92.9 Å².